The van der Waals surface area contributed by atoms with Gasteiger partial charge in [0.05, 0.1) is 26.5 Å². The highest BCUT2D eigenvalue weighted by atomic mass is 16.5. The van der Waals surface area contributed by atoms with Crippen molar-refractivity contribution >= 4 is 41.2 Å². The average Bonchev–Trinajstić information content (AvgIpc) is 3.35. The van der Waals surface area contributed by atoms with Gasteiger partial charge in [0.1, 0.15) is 11.5 Å². The number of furan rings is 1. The highest BCUT2D eigenvalue weighted by molar-refractivity contribution is 6.21. The zero-order valence-electron chi connectivity index (χ0n) is 17.7. The van der Waals surface area contributed by atoms with Crippen LogP contribution < -0.4 is 14.8 Å². The summed E-state index contributed by atoms with van der Waals surface area (Å²) in [6.07, 6.45) is 4.85. The molecule has 1 aromatic carbocycles. The highest BCUT2D eigenvalue weighted by Gasteiger charge is 2.28. The third kappa shape index (κ3) is 3.87. The van der Waals surface area contributed by atoms with Gasteiger partial charge < -0.3 is 29.1 Å². The number of carbonyl (C=O) groups excluding carboxylic acids is 1. The monoisotopic (exact) mass is 435 g/mol. The molecule has 0 unspecified atom stereocenters. The molecule has 0 radical (unpaired) electrons. The van der Waals surface area contributed by atoms with E-state index in [1.165, 1.54) is 7.11 Å². The minimum Gasteiger partial charge on any atom is -0.504 e. The third-order valence-corrected chi connectivity index (χ3v) is 4.76. The second kappa shape index (κ2) is 8.84. The van der Waals surface area contributed by atoms with E-state index in [2.05, 4.69) is 15.3 Å². The Morgan fingerprint density at radius 1 is 1.25 bits per heavy atom. The fourth-order valence-electron chi connectivity index (χ4n) is 3.22. The van der Waals surface area contributed by atoms with Gasteiger partial charge in [0.2, 0.25) is 5.88 Å². The number of carbonyl (C=O) groups is 1. The summed E-state index contributed by atoms with van der Waals surface area (Å²) in [4.78, 5) is 21.0. The number of pyridine rings is 1. The Kier molecular flexibility index (Phi) is 5.80. The first-order valence-corrected chi connectivity index (χ1v) is 9.78. The summed E-state index contributed by atoms with van der Waals surface area (Å²) < 4.78 is 21.6. The molecule has 0 bridgehead atoms. The quantitative estimate of drug-likeness (QED) is 0.519. The molecule has 0 atom stereocenters. The number of aromatic nitrogens is 1. The van der Waals surface area contributed by atoms with Gasteiger partial charge in [0, 0.05) is 29.6 Å². The van der Waals surface area contributed by atoms with Gasteiger partial charge in [-0.2, -0.15) is 0 Å². The molecule has 0 spiro atoms. The molecule has 0 fully saturated rings. The van der Waals surface area contributed by atoms with E-state index in [9.17, 15) is 9.90 Å². The minimum atomic E-state index is -0.726. The van der Waals surface area contributed by atoms with Crippen molar-refractivity contribution in [1.29, 1.82) is 0 Å². The van der Waals surface area contributed by atoms with Crippen LogP contribution in [0.3, 0.4) is 0 Å². The number of nitrogens with one attached hydrogen (secondary N) is 1. The Bertz CT molecular complexity index is 1230. The summed E-state index contributed by atoms with van der Waals surface area (Å²) in [5, 5.41) is 13.8. The molecule has 4 rings (SSSR count). The summed E-state index contributed by atoms with van der Waals surface area (Å²) in [6, 6.07) is 8.75. The minimum absolute atomic E-state index is 0.0117. The second-order valence-electron chi connectivity index (χ2n) is 6.66. The number of aliphatic imine (C=N–C) groups is 1. The second-order valence-corrected chi connectivity index (χ2v) is 6.66. The number of hydrogen-bond acceptors (Lipinski definition) is 9. The lowest BCUT2D eigenvalue weighted by atomic mass is 10.1. The molecule has 0 saturated carbocycles. The van der Waals surface area contributed by atoms with Crippen LogP contribution in [0.4, 0.5) is 17.4 Å². The van der Waals surface area contributed by atoms with Crippen LogP contribution in [-0.4, -0.2) is 43.1 Å². The number of rotatable bonds is 7. The van der Waals surface area contributed by atoms with Crippen LogP contribution in [0.2, 0.25) is 0 Å². The van der Waals surface area contributed by atoms with E-state index in [0.717, 1.165) is 5.56 Å². The molecule has 0 saturated heterocycles. The summed E-state index contributed by atoms with van der Waals surface area (Å²) >= 11 is 0. The van der Waals surface area contributed by atoms with Gasteiger partial charge in [-0.25, -0.2) is 14.8 Å². The topological polar surface area (TPSA) is 115 Å². The summed E-state index contributed by atoms with van der Waals surface area (Å²) in [6.45, 7) is 1.81. The van der Waals surface area contributed by atoms with E-state index in [1.807, 2.05) is 6.07 Å². The molecular weight excluding hydrogens is 414 g/mol. The van der Waals surface area contributed by atoms with Crippen molar-refractivity contribution in [3.8, 4) is 17.2 Å². The van der Waals surface area contributed by atoms with E-state index < -0.39 is 5.97 Å². The molecule has 32 heavy (non-hydrogen) atoms. The summed E-state index contributed by atoms with van der Waals surface area (Å²) in [5.41, 5.74) is 1.84. The predicted octanol–water partition coefficient (Wildman–Crippen LogP) is 4.57. The van der Waals surface area contributed by atoms with Gasteiger partial charge in [-0.05, 0) is 37.3 Å². The Labute approximate surface area is 184 Å². The maximum atomic E-state index is 12.6. The van der Waals surface area contributed by atoms with Crippen molar-refractivity contribution in [2.75, 3.05) is 26.1 Å². The van der Waals surface area contributed by atoms with E-state index in [-0.39, 0.29) is 29.6 Å². The molecule has 2 aromatic heterocycles. The number of esters is 1. The van der Waals surface area contributed by atoms with Gasteiger partial charge in [0.25, 0.3) is 0 Å². The van der Waals surface area contributed by atoms with E-state index in [0.29, 0.717) is 28.6 Å². The lowest BCUT2D eigenvalue weighted by Gasteiger charge is -2.11. The van der Waals surface area contributed by atoms with Crippen LogP contribution in [0.1, 0.15) is 28.6 Å². The van der Waals surface area contributed by atoms with Gasteiger partial charge in [0.15, 0.2) is 22.9 Å². The number of anilines is 2. The number of ether oxygens (including phenoxy) is 3. The normalized spacial score (nSPS) is 13.2. The average molecular weight is 435 g/mol. The molecule has 0 amide bonds. The predicted molar refractivity (Wildman–Crippen MR) is 119 cm³/mol. The largest absolute Gasteiger partial charge is 0.504 e. The Balaban J connectivity index is 1.77. The van der Waals surface area contributed by atoms with Crippen LogP contribution in [0, 0.1) is 0 Å². The SMILES string of the molecule is CCOC(=O)c1c(Nc2ccc(OC)cc2OC)oc(/C=C2\C=Nc3ncccc32)c1O. The van der Waals surface area contributed by atoms with Crippen LogP contribution in [-0.2, 0) is 4.74 Å². The molecule has 3 heterocycles. The molecule has 1 aliphatic rings. The number of fused-ring (bicyclic) bond motifs is 1. The Morgan fingerprint density at radius 2 is 2.09 bits per heavy atom. The number of benzene rings is 1. The van der Waals surface area contributed by atoms with Gasteiger partial charge in [-0.1, -0.05) is 0 Å². The zero-order chi connectivity index (χ0) is 22.7. The number of aromatic hydroxyl groups is 1. The number of methoxy groups -OCH3 is 2. The molecule has 9 nitrogen and oxygen atoms in total. The molecule has 0 aliphatic carbocycles. The van der Waals surface area contributed by atoms with Crippen molar-refractivity contribution in [3.63, 3.8) is 0 Å². The summed E-state index contributed by atoms with van der Waals surface area (Å²) in [7, 11) is 3.05. The Hall–Kier alpha value is -4.27. The van der Waals surface area contributed by atoms with E-state index in [4.69, 9.17) is 18.6 Å². The molecule has 164 valence electrons. The standard InChI is InChI=1S/C23H21N3O6/c1-4-31-23(28)19-20(27)18(10-13-12-25-21-15(13)6-5-9-24-21)32-22(19)26-16-8-7-14(29-2)11-17(16)30-3/h5-12,26-27H,4H2,1-3H3/b13-10+. The first-order chi connectivity index (χ1) is 15.5. The molecular formula is C23H21N3O6. The van der Waals surface area contributed by atoms with Crippen molar-refractivity contribution in [2.45, 2.75) is 6.92 Å². The van der Waals surface area contributed by atoms with Crippen molar-refractivity contribution in [1.82, 2.24) is 4.98 Å². The van der Waals surface area contributed by atoms with Gasteiger partial charge in [-0.15, -0.1) is 0 Å². The highest BCUT2D eigenvalue weighted by Crippen LogP contribution is 2.41. The fourth-order valence-corrected chi connectivity index (χ4v) is 3.22. The maximum Gasteiger partial charge on any atom is 0.347 e. The number of nitrogens with zero attached hydrogens (tertiary/aromatic N) is 2. The van der Waals surface area contributed by atoms with Crippen molar-refractivity contribution in [3.05, 3.63) is 53.4 Å². The van der Waals surface area contributed by atoms with Crippen LogP contribution in [0.25, 0.3) is 11.6 Å². The third-order valence-electron chi connectivity index (χ3n) is 4.76. The van der Waals surface area contributed by atoms with E-state index >= 15 is 0 Å². The van der Waals surface area contributed by atoms with Crippen LogP contribution >= 0.6 is 0 Å². The maximum absolute atomic E-state index is 12.6. The zero-order valence-corrected chi connectivity index (χ0v) is 17.7. The smallest absolute Gasteiger partial charge is 0.347 e. The number of hydrogen-bond donors (Lipinski definition) is 2. The van der Waals surface area contributed by atoms with Gasteiger partial charge in [-0.3, -0.25) is 0 Å². The van der Waals surface area contributed by atoms with Crippen molar-refractivity contribution in [2.24, 2.45) is 4.99 Å². The summed E-state index contributed by atoms with van der Waals surface area (Å²) in [5.74, 6) is 0.624. The molecule has 3 aromatic rings. The molecule has 1 aliphatic heterocycles. The molecule has 2 N–H and O–H groups in total. The lowest BCUT2D eigenvalue weighted by Crippen LogP contribution is -2.06. The first-order valence-electron chi connectivity index (χ1n) is 9.78. The first kappa shape index (κ1) is 21.0. The van der Waals surface area contributed by atoms with E-state index in [1.54, 1.807) is 56.8 Å². The molecule has 9 heteroatoms. The van der Waals surface area contributed by atoms with Crippen LogP contribution in [0.5, 0.6) is 17.2 Å². The van der Waals surface area contributed by atoms with Crippen LogP contribution in [0.15, 0.2) is 45.9 Å². The number of allylic oxidation sites excluding steroid dienone is 1. The Morgan fingerprint density at radius 3 is 2.84 bits per heavy atom. The van der Waals surface area contributed by atoms with Crippen molar-refractivity contribution < 1.29 is 28.5 Å². The lowest BCUT2D eigenvalue weighted by molar-refractivity contribution is 0.0524. The fraction of sp³-hybridized carbons (Fsp3) is 0.174. The van der Waals surface area contributed by atoms with Gasteiger partial charge >= 0.3 is 5.97 Å².